The van der Waals surface area contributed by atoms with Gasteiger partial charge >= 0.3 is 6.09 Å². The standard InChI is InChI=1S/C17H24N2O5/c1-17(2,3)24-16(21)18-13-6-4-5-7-14(13)23-12-15(20)19-8-10-22-11-9-19/h4-7H,8-12H2,1-3H3,(H,18,21). The van der Waals surface area contributed by atoms with Crippen LogP contribution in [0.25, 0.3) is 0 Å². The van der Waals surface area contributed by atoms with Crippen molar-refractivity contribution in [1.29, 1.82) is 0 Å². The van der Waals surface area contributed by atoms with E-state index >= 15 is 0 Å². The van der Waals surface area contributed by atoms with E-state index in [9.17, 15) is 9.59 Å². The molecule has 1 fully saturated rings. The molecule has 2 rings (SSSR count). The minimum Gasteiger partial charge on any atom is -0.482 e. The number of nitrogens with zero attached hydrogens (tertiary/aromatic N) is 1. The van der Waals surface area contributed by atoms with E-state index in [4.69, 9.17) is 14.2 Å². The highest BCUT2D eigenvalue weighted by molar-refractivity contribution is 5.87. The zero-order chi connectivity index (χ0) is 17.6. The van der Waals surface area contributed by atoms with Gasteiger partial charge in [-0.25, -0.2) is 4.79 Å². The van der Waals surface area contributed by atoms with Gasteiger partial charge in [-0.15, -0.1) is 0 Å². The molecule has 0 radical (unpaired) electrons. The zero-order valence-corrected chi connectivity index (χ0v) is 14.3. The van der Waals surface area contributed by atoms with Gasteiger partial charge in [0.25, 0.3) is 5.91 Å². The van der Waals surface area contributed by atoms with Crippen LogP contribution >= 0.6 is 0 Å². The third-order valence-electron chi connectivity index (χ3n) is 3.24. The summed E-state index contributed by atoms with van der Waals surface area (Å²) in [4.78, 5) is 25.7. The molecule has 1 aromatic rings. The van der Waals surface area contributed by atoms with Crippen molar-refractivity contribution < 1.29 is 23.8 Å². The van der Waals surface area contributed by atoms with Gasteiger partial charge in [-0.3, -0.25) is 10.1 Å². The molecule has 24 heavy (non-hydrogen) atoms. The highest BCUT2D eigenvalue weighted by atomic mass is 16.6. The molecule has 0 saturated carbocycles. The predicted molar refractivity (Wildman–Crippen MR) is 89.2 cm³/mol. The summed E-state index contributed by atoms with van der Waals surface area (Å²) in [7, 11) is 0. The van der Waals surface area contributed by atoms with Crippen LogP contribution in [0.15, 0.2) is 24.3 Å². The molecule has 132 valence electrons. The van der Waals surface area contributed by atoms with Crippen LogP contribution in [-0.4, -0.2) is 55.4 Å². The fourth-order valence-electron chi connectivity index (χ4n) is 2.15. The molecule has 0 atom stereocenters. The van der Waals surface area contributed by atoms with E-state index in [1.807, 2.05) is 0 Å². The molecule has 1 saturated heterocycles. The molecule has 0 unspecified atom stereocenters. The Bertz CT molecular complexity index is 577. The number of para-hydroxylation sites is 2. The third-order valence-corrected chi connectivity index (χ3v) is 3.24. The first-order valence-corrected chi connectivity index (χ1v) is 7.92. The largest absolute Gasteiger partial charge is 0.482 e. The van der Waals surface area contributed by atoms with Gasteiger partial charge in [0.15, 0.2) is 6.61 Å². The molecule has 2 amide bonds. The molecule has 7 heteroatoms. The smallest absolute Gasteiger partial charge is 0.412 e. The number of amides is 2. The summed E-state index contributed by atoms with van der Waals surface area (Å²) in [5.41, 5.74) is -0.131. The van der Waals surface area contributed by atoms with Crippen LogP contribution in [0.3, 0.4) is 0 Å². The number of benzene rings is 1. The molecule has 1 aliphatic rings. The average Bonchev–Trinajstić information content (AvgIpc) is 2.53. The minimum absolute atomic E-state index is 0.0903. The van der Waals surface area contributed by atoms with Crippen LogP contribution in [0.5, 0.6) is 5.75 Å². The van der Waals surface area contributed by atoms with Crippen molar-refractivity contribution in [2.24, 2.45) is 0 Å². The normalized spacial score (nSPS) is 14.9. The predicted octanol–water partition coefficient (Wildman–Crippen LogP) is 2.27. The Morgan fingerprint density at radius 2 is 1.88 bits per heavy atom. The van der Waals surface area contributed by atoms with Crippen molar-refractivity contribution in [3.63, 3.8) is 0 Å². The second-order valence-corrected chi connectivity index (χ2v) is 6.40. The van der Waals surface area contributed by atoms with Gasteiger partial charge in [0.05, 0.1) is 18.9 Å². The molecule has 1 aromatic carbocycles. The van der Waals surface area contributed by atoms with Gasteiger partial charge in [-0.05, 0) is 32.9 Å². The summed E-state index contributed by atoms with van der Waals surface area (Å²) in [5.74, 6) is 0.315. The number of hydrogen-bond donors (Lipinski definition) is 1. The van der Waals surface area contributed by atoms with Gasteiger partial charge in [-0.1, -0.05) is 12.1 Å². The highest BCUT2D eigenvalue weighted by Gasteiger charge is 2.19. The van der Waals surface area contributed by atoms with Crippen molar-refractivity contribution >= 4 is 17.7 Å². The van der Waals surface area contributed by atoms with Crippen molar-refractivity contribution in [3.05, 3.63) is 24.3 Å². The van der Waals surface area contributed by atoms with E-state index in [1.54, 1.807) is 49.9 Å². The second-order valence-electron chi connectivity index (χ2n) is 6.40. The van der Waals surface area contributed by atoms with E-state index < -0.39 is 11.7 Å². The van der Waals surface area contributed by atoms with Crippen LogP contribution in [0.1, 0.15) is 20.8 Å². The van der Waals surface area contributed by atoms with E-state index in [-0.39, 0.29) is 12.5 Å². The van der Waals surface area contributed by atoms with Gasteiger partial charge in [0, 0.05) is 13.1 Å². The SMILES string of the molecule is CC(C)(C)OC(=O)Nc1ccccc1OCC(=O)N1CCOCC1. The maximum atomic E-state index is 12.1. The zero-order valence-electron chi connectivity index (χ0n) is 14.3. The lowest BCUT2D eigenvalue weighted by Gasteiger charge is -2.26. The topological polar surface area (TPSA) is 77.1 Å². The Morgan fingerprint density at radius 3 is 2.54 bits per heavy atom. The van der Waals surface area contributed by atoms with Crippen molar-refractivity contribution in [3.8, 4) is 5.75 Å². The van der Waals surface area contributed by atoms with Crippen LogP contribution in [0.4, 0.5) is 10.5 Å². The molecule has 1 aliphatic heterocycles. The summed E-state index contributed by atoms with van der Waals surface area (Å²) in [6.45, 7) is 7.50. The molecule has 7 nitrogen and oxygen atoms in total. The van der Waals surface area contributed by atoms with E-state index in [1.165, 1.54) is 0 Å². The summed E-state index contributed by atoms with van der Waals surface area (Å²) >= 11 is 0. The number of nitrogens with one attached hydrogen (secondary N) is 1. The first-order valence-electron chi connectivity index (χ1n) is 7.92. The number of anilines is 1. The lowest BCUT2D eigenvalue weighted by molar-refractivity contribution is -0.137. The Labute approximate surface area is 141 Å². The first-order chi connectivity index (χ1) is 11.3. The Hall–Kier alpha value is -2.28. The third kappa shape index (κ3) is 5.73. The monoisotopic (exact) mass is 336 g/mol. The lowest BCUT2D eigenvalue weighted by atomic mass is 10.2. The molecule has 1 N–H and O–H groups in total. The van der Waals surface area contributed by atoms with Crippen molar-refractivity contribution in [2.75, 3.05) is 38.2 Å². The van der Waals surface area contributed by atoms with Gasteiger partial charge < -0.3 is 19.1 Å². The van der Waals surface area contributed by atoms with Gasteiger partial charge in [-0.2, -0.15) is 0 Å². The number of carbonyl (C=O) groups is 2. The number of carbonyl (C=O) groups excluding carboxylic acids is 2. The summed E-state index contributed by atoms with van der Waals surface area (Å²) in [6.07, 6.45) is -0.571. The first kappa shape index (κ1) is 18.1. The van der Waals surface area contributed by atoms with E-state index in [0.29, 0.717) is 37.7 Å². The highest BCUT2D eigenvalue weighted by Crippen LogP contribution is 2.24. The van der Waals surface area contributed by atoms with Gasteiger partial charge in [0.1, 0.15) is 11.4 Å². The second kappa shape index (κ2) is 8.01. The molecule has 0 spiro atoms. The molecule has 0 aliphatic carbocycles. The maximum Gasteiger partial charge on any atom is 0.412 e. The number of morpholine rings is 1. The van der Waals surface area contributed by atoms with Crippen molar-refractivity contribution in [1.82, 2.24) is 4.90 Å². The Balaban J connectivity index is 1.93. The minimum atomic E-state index is -0.591. The molecular formula is C17H24N2O5. The Kier molecular flexibility index (Phi) is 6.03. The van der Waals surface area contributed by atoms with Crippen LogP contribution in [0, 0.1) is 0 Å². The molecule has 1 heterocycles. The van der Waals surface area contributed by atoms with Crippen molar-refractivity contribution in [2.45, 2.75) is 26.4 Å². The quantitative estimate of drug-likeness (QED) is 0.913. The molecule has 0 bridgehead atoms. The van der Waals surface area contributed by atoms with Crippen LogP contribution < -0.4 is 10.1 Å². The number of hydrogen-bond acceptors (Lipinski definition) is 5. The average molecular weight is 336 g/mol. The maximum absolute atomic E-state index is 12.1. The fourth-order valence-corrected chi connectivity index (χ4v) is 2.15. The summed E-state index contributed by atoms with van der Waals surface area (Å²) < 4.78 is 16.0. The fraction of sp³-hybridized carbons (Fsp3) is 0.529. The molecule has 0 aromatic heterocycles. The van der Waals surface area contributed by atoms with Crippen LogP contribution in [-0.2, 0) is 14.3 Å². The van der Waals surface area contributed by atoms with Gasteiger partial charge in [0.2, 0.25) is 0 Å². The number of rotatable bonds is 4. The van der Waals surface area contributed by atoms with E-state index in [2.05, 4.69) is 5.32 Å². The molecular weight excluding hydrogens is 312 g/mol. The van der Waals surface area contributed by atoms with Crippen LogP contribution in [0.2, 0.25) is 0 Å². The summed E-state index contributed by atoms with van der Waals surface area (Å²) in [5, 5.41) is 2.64. The van der Waals surface area contributed by atoms with E-state index in [0.717, 1.165) is 0 Å². The Morgan fingerprint density at radius 1 is 1.21 bits per heavy atom. The number of ether oxygens (including phenoxy) is 3. The summed E-state index contributed by atoms with van der Waals surface area (Å²) in [6, 6.07) is 6.93. The lowest BCUT2D eigenvalue weighted by Crippen LogP contribution is -2.43.